The molecule has 0 aromatic carbocycles. The maximum absolute atomic E-state index is 13.4. The maximum Gasteiger partial charge on any atom is 0.233 e. The number of nitrogens with one attached hydrogen (secondary N) is 1. The molecule has 0 bridgehead atoms. The van der Waals surface area contributed by atoms with Crippen LogP contribution >= 0.6 is 31.9 Å². The van der Waals surface area contributed by atoms with Gasteiger partial charge in [-0.2, -0.15) is 4.39 Å². The summed E-state index contributed by atoms with van der Waals surface area (Å²) in [7, 11) is 0. The van der Waals surface area contributed by atoms with Crippen LogP contribution in [-0.2, 0) is 4.79 Å². The Hall–Kier alpha value is -1.34. The van der Waals surface area contributed by atoms with Gasteiger partial charge in [-0.1, -0.05) is 13.3 Å². The molecule has 1 N–H and O–H groups in total. The van der Waals surface area contributed by atoms with Gasteiger partial charge in [0.25, 0.3) is 0 Å². The normalized spacial score (nSPS) is 12.0. The number of rotatable bonds is 5. The standard InChI is InChI=1S/C15H14Br2FN3O/c1-2-3-11(9-6-10(16)8-19-7-9)15(22)21-13-5-4-12(17)14(18)20-13/h4-8,11H,2-3H2,1H3,(H,20,21,22). The number of hydrogen-bond donors (Lipinski definition) is 1. The highest BCUT2D eigenvalue weighted by molar-refractivity contribution is 9.10. The molecule has 7 heteroatoms. The molecular weight excluding hydrogens is 417 g/mol. The largest absolute Gasteiger partial charge is 0.310 e. The van der Waals surface area contributed by atoms with Crippen molar-refractivity contribution >= 4 is 43.6 Å². The predicted molar refractivity (Wildman–Crippen MR) is 90.1 cm³/mol. The Balaban J connectivity index is 2.21. The molecule has 0 aliphatic rings. The fraction of sp³-hybridized carbons (Fsp3) is 0.267. The molecule has 2 rings (SSSR count). The Morgan fingerprint density at radius 3 is 2.77 bits per heavy atom. The van der Waals surface area contributed by atoms with Crippen LogP contribution in [0.15, 0.2) is 39.5 Å². The molecular formula is C15H14Br2FN3O. The van der Waals surface area contributed by atoms with E-state index in [1.165, 1.54) is 6.07 Å². The summed E-state index contributed by atoms with van der Waals surface area (Å²) in [5, 5.41) is 2.66. The highest BCUT2D eigenvalue weighted by atomic mass is 79.9. The van der Waals surface area contributed by atoms with Crippen molar-refractivity contribution in [1.82, 2.24) is 9.97 Å². The van der Waals surface area contributed by atoms with E-state index >= 15 is 0 Å². The molecule has 1 unspecified atom stereocenters. The van der Waals surface area contributed by atoms with Gasteiger partial charge in [-0.05, 0) is 62.0 Å². The first-order valence-electron chi connectivity index (χ1n) is 6.74. The fourth-order valence-corrected chi connectivity index (χ4v) is 2.66. The average Bonchev–Trinajstić information content (AvgIpc) is 2.48. The van der Waals surface area contributed by atoms with E-state index in [4.69, 9.17) is 0 Å². The van der Waals surface area contributed by atoms with E-state index < -0.39 is 5.95 Å². The number of halogens is 3. The third-order valence-corrected chi connectivity index (χ3v) is 4.10. The predicted octanol–water partition coefficient (Wildman–Crippen LogP) is 4.66. The summed E-state index contributed by atoms with van der Waals surface area (Å²) in [5.41, 5.74) is 0.811. The lowest BCUT2D eigenvalue weighted by molar-refractivity contribution is -0.117. The Bertz CT molecular complexity index is 682. The number of amides is 1. The quantitative estimate of drug-likeness (QED) is 0.701. The molecule has 4 nitrogen and oxygen atoms in total. The van der Waals surface area contributed by atoms with Crippen LogP contribution in [0.5, 0.6) is 0 Å². The number of hydrogen-bond acceptors (Lipinski definition) is 3. The third-order valence-electron chi connectivity index (χ3n) is 3.08. The zero-order valence-corrected chi connectivity index (χ0v) is 15.0. The van der Waals surface area contributed by atoms with Crippen LogP contribution in [0.25, 0.3) is 0 Å². The summed E-state index contributed by atoms with van der Waals surface area (Å²) >= 11 is 6.38. The van der Waals surface area contributed by atoms with E-state index in [9.17, 15) is 9.18 Å². The number of pyridine rings is 2. The van der Waals surface area contributed by atoms with Gasteiger partial charge in [-0.25, -0.2) is 4.98 Å². The molecule has 0 saturated heterocycles. The molecule has 22 heavy (non-hydrogen) atoms. The van der Waals surface area contributed by atoms with Crippen molar-refractivity contribution in [1.29, 1.82) is 0 Å². The first-order valence-corrected chi connectivity index (χ1v) is 8.33. The van der Waals surface area contributed by atoms with Crippen molar-refractivity contribution in [3.8, 4) is 0 Å². The molecule has 0 fully saturated rings. The van der Waals surface area contributed by atoms with Crippen molar-refractivity contribution in [3.63, 3.8) is 0 Å². The molecule has 116 valence electrons. The molecule has 2 aromatic rings. The van der Waals surface area contributed by atoms with Crippen LogP contribution in [0, 0.1) is 5.95 Å². The minimum atomic E-state index is -0.658. The van der Waals surface area contributed by atoms with Crippen LogP contribution in [0.1, 0.15) is 31.2 Å². The van der Waals surface area contributed by atoms with Crippen LogP contribution < -0.4 is 5.32 Å². The van der Waals surface area contributed by atoms with Gasteiger partial charge in [0, 0.05) is 16.9 Å². The van der Waals surface area contributed by atoms with E-state index in [0.29, 0.717) is 6.42 Å². The summed E-state index contributed by atoms with van der Waals surface area (Å²) in [5.74, 6) is -1.05. The second kappa shape index (κ2) is 7.78. The monoisotopic (exact) mass is 429 g/mol. The molecule has 0 radical (unpaired) electrons. The average molecular weight is 431 g/mol. The van der Waals surface area contributed by atoms with Crippen molar-refractivity contribution in [2.24, 2.45) is 0 Å². The molecule has 0 spiro atoms. The highest BCUT2D eigenvalue weighted by Crippen LogP contribution is 2.25. The van der Waals surface area contributed by atoms with Gasteiger partial charge in [0.2, 0.25) is 11.9 Å². The molecule has 1 amide bonds. The Labute approximate surface area is 144 Å². The molecule has 0 aliphatic carbocycles. The van der Waals surface area contributed by atoms with E-state index in [1.807, 2.05) is 13.0 Å². The van der Waals surface area contributed by atoms with Crippen molar-refractivity contribution in [3.05, 3.63) is 51.0 Å². The second-order valence-corrected chi connectivity index (χ2v) is 6.51. The van der Waals surface area contributed by atoms with Gasteiger partial charge in [0.15, 0.2) is 0 Å². The Morgan fingerprint density at radius 2 is 2.14 bits per heavy atom. The number of nitrogens with zero attached hydrogens (tertiary/aromatic N) is 2. The number of carbonyl (C=O) groups is 1. The van der Waals surface area contributed by atoms with Gasteiger partial charge < -0.3 is 5.32 Å². The van der Waals surface area contributed by atoms with Crippen molar-refractivity contribution < 1.29 is 9.18 Å². The SMILES string of the molecule is CCCC(C(=O)Nc1ccc(Br)c(F)n1)c1cncc(Br)c1. The lowest BCUT2D eigenvalue weighted by Crippen LogP contribution is -2.22. The van der Waals surface area contributed by atoms with E-state index in [0.717, 1.165) is 16.5 Å². The van der Waals surface area contributed by atoms with Crippen LogP contribution in [0.4, 0.5) is 10.2 Å². The first kappa shape index (κ1) is 17.0. The molecule has 0 aliphatic heterocycles. The first-order chi connectivity index (χ1) is 10.5. The van der Waals surface area contributed by atoms with Crippen molar-refractivity contribution in [2.75, 3.05) is 5.32 Å². The van der Waals surface area contributed by atoms with E-state index in [1.54, 1.807) is 18.5 Å². The minimum absolute atomic E-state index is 0.190. The van der Waals surface area contributed by atoms with Gasteiger partial charge in [0.05, 0.1) is 10.4 Å². The fourth-order valence-electron chi connectivity index (χ4n) is 2.06. The zero-order chi connectivity index (χ0) is 16.1. The Kier molecular flexibility index (Phi) is 6.02. The van der Waals surface area contributed by atoms with E-state index in [2.05, 4.69) is 47.1 Å². The van der Waals surface area contributed by atoms with Crippen LogP contribution in [-0.4, -0.2) is 15.9 Å². The zero-order valence-electron chi connectivity index (χ0n) is 11.8. The number of anilines is 1. The summed E-state index contributed by atoms with van der Waals surface area (Å²) in [6.07, 6.45) is 4.84. The lowest BCUT2D eigenvalue weighted by Gasteiger charge is -2.16. The number of carbonyl (C=O) groups excluding carboxylic acids is 1. The van der Waals surface area contributed by atoms with Gasteiger partial charge in [-0.15, -0.1) is 0 Å². The Morgan fingerprint density at radius 1 is 1.36 bits per heavy atom. The molecule has 1 atom stereocenters. The van der Waals surface area contributed by atoms with Crippen LogP contribution in [0.3, 0.4) is 0 Å². The summed E-state index contributed by atoms with van der Waals surface area (Å²) in [6.45, 7) is 2.00. The van der Waals surface area contributed by atoms with Gasteiger partial charge >= 0.3 is 0 Å². The lowest BCUT2D eigenvalue weighted by atomic mass is 9.95. The highest BCUT2D eigenvalue weighted by Gasteiger charge is 2.21. The molecule has 0 saturated carbocycles. The van der Waals surface area contributed by atoms with Crippen LogP contribution in [0.2, 0.25) is 0 Å². The smallest absolute Gasteiger partial charge is 0.233 e. The molecule has 2 aromatic heterocycles. The topological polar surface area (TPSA) is 54.9 Å². The van der Waals surface area contributed by atoms with E-state index in [-0.39, 0.29) is 22.1 Å². The summed E-state index contributed by atoms with van der Waals surface area (Å²) in [4.78, 5) is 20.3. The van der Waals surface area contributed by atoms with Gasteiger partial charge in [0.1, 0.15) is 5.82 Å². The van der Waals surface area contributed by atoms with Crippen molar-refractivity contribution in [2.45, 2.75) is 25.7 Å². The number of aromatic nitrogens is 2. The molecule has 2 heterocycles. The van der Waals surface area contributed by atoms with Gasteiger partial charge in [-0.3, -0.25) is 9.78 Å². The maximum atomic E-state index is 13.4. The minimum Gasteiger partial charge on any atom is -0.310 e. The summed E-state index contributed by atoms with van der Waals surface area (Å²) in [6, 6.07) is 4.92. The third kappa shape index (κ3) is 4.33. The summed E-state index contributed by atoms with van der Waals surface area (Å²) < 4.78 is 14.5. The second-order valence-electron chi connectivity index (χ2n) is 4.74.